The van der Waals surface area contributed by atoms with E-state index >= 15 is 0 Å². The van der Waals surface area contributed by atoms with Gasteiger partial charge in [0, 0.05) is 37.1 Å². The van der Waals surface area contributed by atoms with Crippen LogP contribution in [0.15, 0.2) is 52.7 Å². The zero-order chi connectivity index (χ0) is 22.0. The highest BCUT2D eigenvalue weighted by Crippen LogP contribution is 2.36. The first-order valence-corrected chi connectivity index (χ1v) is 12.3. The molecule has 0 unspecified atom stereocenters. The predicted octanol–water partition coefficient (Wildman–Crippen LogP) is 3.99. The van der Waals surface area contributed by atoms with Crippen LogP contribution < -0.4 is 14.4 Å². The Morgan fingerprint density at radius 1 is 1.03 bits per heavy atom. The van der Waals surface area contributed by atoms with Crippen LogP contribution in [0.5, 0.6) is 11.5 Å². The molecule has 31 heavy (non-hydrogen) atoms. The summed E-state index contributed by atoms with van der Waals surface area (Å²) >= 11 is 7.64. The monoisotopic (exact) mass is 479 g/mol. The van der Waals surface area contributed by atoms with Crippen LogP contribution in [0.25, 0.3) is 11.3 Å². The van der Waals surface area contributed by atoms with E-state index in [4.69, 9.17) is 26.1 Å². The molecule has 2 heterocycles. The molecule has 0 N–H and O–H groups in total. The first-order valence-electron chi connectivity index (χ1n) is 9.61. The summed E-state index contributed by atoms with van der Waals surface area (Å²) in [5.41, 5.74) is 1.64. The Morgan fingerprint density at radius 2 is 1.77 bits per heavy atom. The van der Waals surface area contributed by atoms with Crippen LogP contribution >= 0.6 is 22.9 Å². The molecule has 0 spiro atoms. The van der Waals surface area contributed by atoms with Gasteiger partial charge in [-0.2, -0.15) is 4.31 Å². The van der Waals surface area contributed by atoms with Crippen LogP contribution in [0.1, 0.15) is 0 Å². The number of hydrogen-bond donors (Lipinski definition) is 0. The zero-order valence-corrected chi connectivity index (χ0v) is 19.5. The molecule has 0 aliphatic carbocycles. The quantitative estimate of drug-likeness (QED) is 0.532. The molecular weight excluding hydrogens is 458 g/mol. The van der Waals surface area contributed by atoms with E-state index in [1.807, 2.05) is 23.6 Å². The number of sulfonamides is 1. The minimum Gasteiger partial charge on any atom is -0.497 e. The highest BCUT2D eigenvalue weighted by molar-refractivity contribution is 7.89. The van der Waals surface area contributed by atoms with Crippen molar-refractivity contribution in [3.05, 3.63) is 52.9 Å². The van der Waals surface area contributed by atoms with Crippen molar-refractivity contribution in [2.75, 3.05) is 45.3 Å². The van der Waals surface area contributed by atoms with Gasteiger partial charge in [-0.1, -0.05) is 23.7 Å². The smallest absolute Gasteiger partial charge is 0.244 e. The molecule has 0 saturated carbocycles. The van der Waals surface area contributed by atoms with E-state index in [2.05, 4.69) is 4.90 Å². The highest BCUT2D eigenvalue weighted by Gasteiger charge is 2.30. The van der Waals surface area contributed by atoms with Crippen molar-refractivity contribution in [2.24, 2.45) is 0 Å². The van der Waals surface area contributed by atoms with E-state index in [0.717, 1.165) is 22.1 Å². The fourth-order valence-corrected chi connectivity index (χ4v) is 6.26. The third-order valence-corrected chi connectivity index (χ3v) is 8.44. The second kappa shape index (κ2) is 9.04. The summed E-state index contributed by atoms with van der Waals surface area (Å²) in [6.45, 7) is 1.83. The van der Waals surface area contributed by atoms with Gasteiger partial charge in [-0.3, -0.25) is 0 Å². The van der Waals surface area contributed by atoms with Gasteiger partial charge in [0.1, 0.15) is 16.4 Å². The number of thiazole rings is 1. The average Bonchev–Trinajstić information content (AvgIpc) is 3.29. The number of benzene rings is 2. The maximum absolute atomic E-state index is 13.0. The second-order valence-electron chi connectivity index (χ2n) is 6.90. The number of nitrogens with zero attached hydrogens (tertiary/aromatic N) is 3. The lowest BCUT2D eigenvalue weighted by molar-refractivity contribution is 0.385. The first kappa shape index (κ1) is 21.9. The fourth-order valence-electron chi connectivity index (χ4n) is 3.46. The van der Waals surface area contributed by atoms with Gasteiger partial charge < -0.3 is 14.4 Å². The molecule has 0 atom stereocenters. The number of piperazine rings is 1. The number of anilines is 1. The lowest BCUT2D eigenvalue weighted by Gasteiger charge is -2.33. The largest absolute Gasteiger partial charge is 0.497 e. The van der Waals surface area contributed by atoms with E-state index in [0.29, 0.717) is 31.9 Å². The summed E-state index contributed by atoms with van der Waals surface area (Å²) in [5.74, 6) is 1.44. The standard InChI is InChI=1S/C21H22ClN3O4S2/c1-28-15-7-8-19(29-2)16(13-15)18-14-30-21(23-18)24-9-11-25(12-10-24)31(26,27)20-6-4-3-5-17(20)22/h3-8,13-14H,9-12H2,1-2H3. The Hall–Kier alpha value is -2.33. The van der Waals surface area contributed by atoms with Gasteiger partial charge in [0.2, 0.25) is 10.0 Å². The van der Waals surface area contributed by atoms with Crippen molar-refractivity contribution in [3.8, 4) is 22.8 Å². The van der Waals surface area contributed by atoms with Crippen LogP contribution in [0, 0.1) is 0 Å². The molecule has 1 aliphatic heterocycles. The molecule has 4 rings (SSSR count). The minimum atomic E-state index is -3.63. The van der Waals surface area contributed by atoms with Crippen molar-refractivity contribution in [3.63, 3.8) is 0 Å². The molecule has 1 saturated heterocycles. The van der Waals surface area contributed by atoms with Crippen LogP contribution in [0.4, 0.5) is 5.13 Å². The molecule has 10 heteroatoms. The topological polar surface area (TPSA) is 72.0 Å². The first-order chi connectivity index (χ1) is 14.9. The Bertz CT molecular complexity index is 1170. The highest BCUT2D eigenvalue weighted by atomic mass is 35.5. The van der Waals surface area contributed by atoms with Gasteiger partial charge in [-0.05, 0) is 30.3 Å². The third kappa shape index (κ3) is 4.36. The molecule has 2 aromatic carbocycles. The van der Waals surface area contributed by atoms with Crippen LogP contribution in [-0.2, 0) is 10.0 Å². The lowest BCUT2D eigenvalue weighted by Crippen LogP contribution is -2.48. The van der Waals surface area contributed by atoms with E-state index in [1.54, 1.807) is 38.5 Å². The summed E-state index contributed by atoms with van der Waals surface area (Å²) in [6.07, 6.45) is 0. The zero-order valence-electron chi connectivity index (χ0n) is 17.1. The molecule has 3 aromatic rings. The van der Waals surface area contributed by atoms with Crippen molar-refractivity contribution in [1.29, 1.82) is 0 Å². The Kier molecular flexibility index (Phi) is 6.38. The molecule has 164 valence electrons. The normalized spacial score (nSPS) is 15.1. The van der Waals surface area contributed by atoms with Gasteiger partial charge in [-0.25, -0.2) is 13.4 Å². The van der Waals surface area contributed by atoms with Crippen molar-refractivity contribution < 1.29 is 17.9 Å². The number of halogens is 1. The van der Waals surface area contributed by atoms with Crippen molar-refractivity contribution in [2.45, 2.75) is 4.90 Å². The molecule has 1 aliphatic rings. The van der Waals surface area contributed by atoms with E-state index in [-0.39, 0.29) is 9.92 Å². The molecule has 1 fully saturated rings. The second-order valence-corrected chi connectivity index (χ2v) is 10.1. The SMILES string of the molecule is COc1ccc(OC)c(-c2csc(N3CCN(S(=O)(=O)c4ccccc4Cl)CC3)n2)c1. The van der Waals surface area contributed by atoms with Crippen LogP contribution in [-0.4, -0.2) is 58.1 Å². The van der Waals surface area contributed by atoms with Gasteiger partial charge in [0.25, 0.3) is 0 Å². The number of rotatable bonds is 6. The Morgan fingerprint density at radius 3 is 2.45 bits per heavy atom. The fraction of sp³-hybridized carbons (Fsp3) is 0.286. The molecular formula is C21H22ClN3O4S2. The maximum atomic E-state index is 13.0. The number of ether oxygens (including phenoxy) is 2. The number of aromatic nitrogens is 1. The Balaban J connectivity index is 1.50. The van der Waals surface area contributed by atoms with Gasteiger partial charge in [0.05, 0.1) is 24.9 Å². The van der Waals surface area contributed by atoms with Crippen molar-refractivity contribution in [1.82, 2.24) is 9.29 Å². The summed E-state index contributed by atoms with van der Waals surface area (Å²) in [4.78, 5) is 7.01. The van der Waals surface area contributed by atoms with Crippen LogP contribution in [0.2, 0.25) is 5.02 Å². The van der Waals surface area contributed by atoms with Gasteiger partial charge in [0.15, 0.2) is 5.13 Å². The lowest BCUT2D eigenvalue weighted by atomic mass is 10.1. The number of hydrogen-bond acceptors (Lipinski definition) is 7. The van der Waals surface area contributed by atoms with E-state index in [9.17, 15) is 8.42 Å². The number of methoxy groups -OCH3 is 2. The molecule has 1 aromatic heterocycles. The molecule has 0 amide bonds. The van der Waals surface area contributed by atoms with Gasteiger partial charge >= 0.3 is 0 Å². The minimum absolute atomic E-state index is 0.145. The summed E-state index contributed by atoms with van der Waals surface area (Å²) in [7, 11) is -0.384. The summed E-state index contributed by atoms with van der Waals surface area (Å²) in [6, 6.07) is 12.1. The summed E-state index contributed by atoms with van der Waals surface area (Å²) in [5, 5.41) is 3.05. The predicted molar refractivity (Wildman–Crippen MR) is 123 cm³/mol. The average molecular weight is 480 g/mol. The van der Waals surface area contributed by atoms with Crippen molar-refractivity contribution >= 4 is 38.1 Å². The van der Waals surface area contributed by atoms with E-state index in [1.165, 1.54) is 15.6 Å². The molecule has 7 nitrogen and oxygen atoms in total. The van der Waals surface area contributed by atoms with Crippen LogP contribution in [0.3, 0.4) is 0 Å². The third-order valence-electron chi connectivity index (χ3n) is 5.14. The Labute approximate surface area is 190 Å². The summed E-state index contributed by atoms with van der Waals surface area (Å²) < 4.78 is 38.2. The van der Waals surface area contributed by atoms with Gasteiger partial charge in [-0.15, -0.1) is 11.3 Å². The molecule has 0 bridgehead atoms. The maximum Gasteiger partial charge on any atom is 0.244 e. The van der Waals surface area contributed by atoms with E-state index < -0.39 is 10.0 Å². The molecule has 0 radical (unpaired) electrons.